The molecular formula is C28H48. The molecule has 0 nitrogen and oxygen atoms in total. The molecule has 160 valence electrons. The van der Waals surface area contributed by atoms with E-state index >= 15 is 0 Å². The zero-order valence-electron chi connectivity index (χ0n) is 19.4. The van der Waals surface area contributed by atoms with Crippen LogP contribution in [0.2, 0.25) is 0 Å². The van der Waals surface area contributed by atoms with Crippen molar-refractivity contribution in [2.45, 2.75) is 124 Å². The van der Waals surface area contributed by atoms with Gasteiger partial charge in [-0.1, -0.05) is 133 Å². The molecule has 0 saturated carbocycles. The molecule has 1 unspecified atom stereocenters. The Hall–Kier alpha value is -1.04. The molecule has 0 aliphatic rings. The first kappa shape index (κ1) is 25.0. The van der Waals surface area contributed by atoms with Gasteiger partial charge >= 0.3 is 0 Å². The molecule has 1 aromatic rings. The summed E-state index contributed by atoms with van der Waals surface area (Å²) in [4.78, 5) is 0. The molecule has 0 radical (unpaired) electrons. The number of hydrogen-bond donors (Lipinski definition) is 0. The Labute approximate surface area is 177 Å². The summed E-state index contributed by atoms with van der Waals surface area (Å²) < 4.78 is 0. The fraction of sp³-hybridized carbons (Fsp3) is 0.714. The van der Waals surface area contributed by atoms with Crippen molar-refractivity contribution in [3.63, 3.8) is 0 Å². The van der Waals surface area contributed by atoms with E-state index in [0.29, 0.717) is 0 Å². The summed E-state index contributed by atoms with van der Waals surface area (Å²) in [5.41, 5.74) is 3.30. The zero-order chi connectivity index (χ0) is 20.3. The molecule has 0 aliphatic carbocycles. The van der Waals surface area contributed by atoms with Crippen molar-refractivity contribution in [2.75, 3.05) is 0 Å². The zero-order valence-corrected chi connectivity index (χ0v) is 19.4. The SMILES string of the molecule is CCCC/C=C(\CCCCCC)C(CCCCCCCC)Cc1ccccc1. The predicted octanol–water partition coefficient (Wildman–Crippen LogP) is 9.68. The molecule has 0 amide bonds. The van der Waals surface area contributed by atoms with Crippen LogP contribution in [0.3, 0.4) is 0 Å². The van der Waals surface area contributed by atoms with Gasteiger partial charge in [-0.25, -0.2) is 0 Å². The average molecular weight is 385 g/mol. The maximum atomic E-state index is 2.64. The van der Waals surface area contributed by atoms with Crippen LogP contribution in [-0.4, -0.2) is 0 Å². The molecule has 1 rings (SSSR count). The summed E-state index contributed by atoms with van der Waals surface area (Å²) in [6.07, 6.45) is 24.5. The van der Waals surface area contributed by atoms with Crippen LogP contribution >= 0.6 is 0 Å². The predicted molar refractivity (Wildman–Crippen MR) is 128 cm³/mol. The minimum atomic E-state index is 0.757. The first-order chi connectivity index (χ1) is 13.8. The molecule has 0 aliphatic heterocycles. The number of unbranched alkanes of at least 4 members (excludes halogenated alkanes) is 10. The molecule has 1 atom stereocenters. The number of hydrogen-bond acceptors (Lipinski definition) is 0. The summed E-state index contributed by atoms with van der Waals surface area (Å²) in [6, 6.07) is 11.2. The molecule has 0 saturated heterocycles. The van der Waals surface area contributed by atoms with Gasteiger partial charge in [0.1, 0.15) is 0 Å². The lowest BCUT2D eigenvalue weighted by Gasteiger charge is -2.22. The molecule has 0 N–H and O–H groups in total. The number of rotatable bonds is 18. The van der Waals surface area contributed by atoms with Gasteiger partial charge in [-0.3, -0.25) is 0 Å². The van der Waals surface area contributed by atoms with Crippen LogP contribution < -0.4 is 0 Å². The normalized spacial score (nSPS) is 13.0. The van der Waals surface area contributed by atoms with Crippen LogP contribution in [0.5, 0.6) is 0 Å². The lowest BCUT2D eigenvalue weighted by molar-refractivity contribution is 0.479. The summed E-state index contributed by atoms with van der Waals surface area (Å²) in [7, 11) is 0. The highest BCUT2D eigenvalue weighted by Gasteiger charge is 2.15. The smallest absolute Gasteiger partial charge is 0.0163 e. The van der Waals surface area contributed by atoms with Gasteiger partial charge in [0.25, 0.3) is 0 Å². The van der Waals surface area contributed by atoms with E-state index in [1.54, 1.807) is 5.57 Å². The van der Waals surface area contributed by atoms with Crippen molar-refractivity contribution >= 4 is 0 Å². The van der Waals surface area contributed by atoms with E-state index in [0.717, 1.165) is 5.92 Å². The summed E-state index contributed by atoms with van der Waals surface area (Å²) in [5.74, 6) is 0.757. The lowest BCUT2D eigenvalue weighted by Crippen LogP contribution is -2.09. The van der Waals surface area contributed by atoms with Crippen LogP contribution in [-0.2, 0) is 6.42 Å². The first-order valence-electron chi connectivity index (χ1n) is 12.5. The molecule has 0 fully saturated rings. The third-order valence-corrected chi connectivity index (χ3v) is 6.04. The molecular weight excluding hydrogens is 336 g/mol. The highest BCUT2D eigenvalue weighted by molar-refractivity contribution is 5.19. The van der Waals surface area contributed by atoms with E-state index in [2.05, 4.69) is 57.2 Å². The van der Waals surface area contributed by atoms with E-state index in [9.17, 15) is 0 Å². The Morgan fingerprint density at radius 3 is 2.00 bits per heavy atom. The second kappa shape index (κ2) is 18.0. The van der Waals surface area contributed by atoms with Crippen molar-refractivity contribution in [3.05, 3.63) is 47.5 Å². The second-order valence-corrected chi connectivity index (χ2v) is 8.68. The minimum Gasteiger partial charge on any atom is -0.0850 e. The van der Waals surface area contributed by atoms with Crippen molar-refractivity contribution in [1.29, 1.82) is 0 Å². The van der Waals surface area contributed by atoms with Gasteiger partial charge in [0.05, 0.1) is 0 Å². The molecule has 0 heteroatoms. The van der Waals surface area contributed by atoms with E-state index in [4.69, 9.17) is 0 Å². The Morgan fingerprint density at radius 1 is 0.714 bits per heavy atom. The van der Waals surface area contributed by atoms with Crippen molar-refractivity contribution in [1.82, 2.24) is 0 Å². The van der Waals surface area contributed by atoms with Gasteiger partial charge < -0.3 is 0 Å². The molecule has 1 aromatic carbocycles. The second-order valence-electron chi connectivity index (χ2n) is 8.68. The first-order valence-corrected chi connectivity index (χ1v) is 12.5. The Bertz CT molecular complexity index is 470. The molecule has 0 aromatic heterocycles. The van der Waals surface area contributed by atoms with Crippen molar-refractivity contribution in [2.24, 2.45) is 5.92 Å². The van der Waals surface area contributed by atoms with Gasteiger partial charge in [-0.15, -0.1) is 0 Å². The highest BCUT2D eigenvalue weighted by Crippen LogP contribution is 2.28. The van der Waals surface area contributed by atoms with Crippen LogP contribution in [0.1, 0.15) is 123 Å². The number of benzene rings is 1. The standard InChI is InChI=1S/C28H48/c1-4-7-10-12-13-19-24-28(25-26-20-16-14-17-21-26)27(22-15-9-6-3)23-18-11-8-5-2/h14,16-17,20-22,28H,4-13,15,18-19,23-25H2,1-3H3/b27-22+. The summed E-state index contributed by atoms with van der Waals surface area (Å²) >= 11 is 0. The molecule has 0 heterocycles. The third-order valence-electron chi connectivity index (χ3n) is 6.04. The summed E-state index contributed by atoms with van der Waals surface area (Å²) in [6.45, 7) is 6.93. The van der Waals surface area contributed by atoms with E-state index in [-0.39, 0.29) is 0 Å². The Kier molecular flexibility index (Phi) is 16.1. The maximum absolute atomic E-state index is 2.64. The maximum Gasteiger partial charge on any atom is -0.0163 e. The minimum absolute atomic E-state index is 0.757. The van der Waals surface area contributed by atoms with Gasteiger partial charge in [-0.2, -0.15) is 0 Å². The van der Waals surface area contributed by atoms with E-state index in [1.165, 1.54) is 108 Å². The van der Waals surface area contributed by atoms with Gasteiger partial charge in [-0.05, 0) is 43.6 Å². The van der Waals surface area contributed by atoms with Crippen LogP contribution in [0, 0.1) is 5.92 Å². The van der Waals surface area contributed by atoms with Gasteiger partial charge in [0, 0.05) is 0 Å². The average Bonchev–Trinajstić information content (AvgIpc) is 2.72. The van der Waals surface area contributed by atoms with Gasteiger partial charge in [0.15, 0.2) is 0 Å². The van der Waals surface area contributed by atoms with Crippen LogP contribution in [0.25, 0.3) is 0 Å². The lowest BCUT2D eigenvalue weighted by atomic mass is 9.84. The van der Waals surface area contributed by atoms with Crippen molar-refractivity contribution < 1.29 is 0 Å². The topological polar surface area (TPSA) is 0 Å². The van der Waals surface area contributed by atoms with Crippen molar-refractivity contribution in [3.8, 4) is 0 Å². The van der Waals surface area contributed by atoms with Gasteiger partial charge in [0.2, 0.25) is 0 Å². The quantitative estimate of drug-likeness (QED) is 0.174. The third kappa shape index (κ3) is 12.4. The van der Waals surface area contributed by atoms with Crippen LogP contribution in [0.15, 0.2) is 42.0 Å². The highest BCUT2D eigenvalue weighted by atomic mass is 14.2. The van der Waals surface area contributed by atoms with E-state index in [1.807, 2.05) is 0 Å². The number of allylic oxidation sites excluding steroid dienone is 2. The van der Waals surface area contributed by atoms with E-state index < -0.39 is 0 Å². The Morgan fingerprint density at radius 2 is 1.32 bits per heavy atom. The fourth-order valence-electron chi connectivity index (χ4n) is 4.21. The Balaban J connectivity index is 2.71. The summed E-state index contributed by atoms with van der Waals surface area (Å²) in [5, 5.41) is 0. The largest absolute Gasteiger partial charge is 0.0850 e. The van der Waals surface area contributed by atoms with Crippen LogP contribution in [0.4, 0.5) is 0 Å². The molecule has 28 heavy (non-hydrogen) atoms. The molecule has 0 bridgehead atoms. The fourth-order valence-corrected chi connectivity index (χ4v) is 4.21. The monoisotopic (exact) mass is 384 g/mol. The molecule has 0 spiro atoms.